The second-order valence-corrected chi connectivity index (χ2v) is 6.54. The fraction of sp³-hybridized carbons (Fsp3) is 0.571. The lowest BCUT2D eigenvalue weighted by Gasteiger charge is -2.27. The van der Waals surface area contributed by atoms with Crippen LogP contribution in [0.2, 0.25) is 5.82 Å². The minimum atomic E-state index is -5.07. The lowest BCUT2D eigenvalue weighted by Crippen LogP contribution is -2.36. The molecule has 0 aromatic carbocycles. The third-order valence-electron chi connectivity index (χ3n) is 3.57. The molecule has 122 valence electrons. The van der Waals surface area contributed by atoms with Crippen molar-refractivity contribution >= 4 is 13.1 Å². The zero-order valence-electron chi connectivity index (χ0n) is 12.8. The van der Waals surface area contributed by atoms with Crippen molar-refractivity contribution in [2.75, 3.05) is 13.1 Å². The fourth-order valence-electron chi connectivity index (χ4n) is 2.60. The molecular weight excluding hydrogens is 296 g/mol. The molecule has 4 nitrogen and oxygen atoms in total. The summed E-state index contributed by atoms with van der Waals surface area (Å²) in [7, 11) is 0. The van der Waals surface area contributed by atoms with Gasteiger partial charge < -0.3 is 22.6 Å². The summed E-state index contributed by atoms with van der Waals surface area (Å²) >= 11 is 0. The number of pyridine rings is 1. The standard InChI is InChI=1S/C14H19BF3N2O2/c1-14(2,3)22-13(21)20-8-10(11(9-20)15(16,17)18)12-6-4-5-7-19-12/h4-7,10-11H,8-9H2,1-3H3/q-1. The van der Waals surface area contributed by atoms with E-state index >= 15 is 0 Å². The summed E-state index contributed by atoms with van der Waals surface area (Å²) in [4.78, 5) is 17.2. The number of carbonyl (C=O) groups excluding carboxylic acids is 1. The number of rotatable bonds is 2. The molecule has 1 amide bonds. The van der Waals surface area contributed by atoms with Gasteiger partial charge in [-0.05, 0) is 44.6 Å². The van der Waals surface area contributed by atoms with Crippen LogP contribution in [0.25, 0.3) is 0 Å². The molecule has 2 rings (SSSR count). The molecule has 0 aliphatic carbocycles. The molecule has 1 fully saturated rings. The van der Waals surface area contributed by atoms with Crippen LogP contribution in [0, 0.1) is 0 Å². The van der Waals surface area contributed by atoms with Crippen molar-refractivity contribution in [3.8, 4) is 0 Å². The Morgan fingerprint density at radius 3 is 2.50 bits per heavy atom. The van der Waals surface area contributed by atoms with Crippen LogP contribution in [0.3, 0.4) is 0 Å². The van der Waals surface area contributed by atoms with Gasteiger partial charge in [-0.25, -0.2) is 4.79 Å². The first-order valence-corrected chi connectivity index (χ1v) is 7.17. The van der Waals surface area contributed by atoms with Gasteiger partial charge in [-0.15, -0.1) is 0 Å². The van der Waals surface area contributed by atoms with Crippen molar-refractivity contribution < 1.29 is 22.5 Å². The van der Waals surface area contributed by atoms with Crippen molar-refractivity contribution in [1.29, 1.82) is 0 Å². The molecule has 22 heavy (non-hydrogen) atoms. The first kappa shape index (κ1) is 16.6. The van der Waals surface area contributed by atoms with Gasteiger partial charge in [-0.1, -0.05) is 6.07 Å². The number of nitrogens with zero attached hydrogens (tertiary/aromatic N) is 2. The highest BCUT2D eigenvalue weighted by Crippen LogP contribution is 2.44. The van der Waals surface area contributed by atoms with Gasteiger partial charge in [0.05, 0.1) is 0 Å². The van der Waals surface area contributed by atoms with E-state index in [0.29, 0.717) is 5.69 Å². The molecule has 1 aliphatic rings. The number of likely N-dealkylation sites (tertiary alicyclic amines) is 1. The fourth-order valence-corrected chi connectivity index (χ4v) is 2.60. The van der Waals surface area contributed by atoms with Gasteiger partial charge in [-0.2, -0.15) is 0 Å². The van der Waals surface area contributed by atoms with Crippen LogP contribution in [0.4, 0.5) is 17.7 Å². The molecule has 2 unspecified atom stereocenters. The molecule has 0 saturated carbocycles. The topological polar surface area (TPSA) is 42.4 Å². The number of carbonyl (C=O) groups is 1. The SMILES string of the molecule is CC(C)(C)OC(=O)N1CC(c2ccccn2)C([B-](F)(F)F)C1. The number of ether oxygens (including phenoxy) is 1. The third kappa shape index (κ3) is 3.93. The molecule has 0 radical (unpaired) electrons. The Bertz CT molecular complexity index is 531. The minimum absolute atomic E-state index is 0.0299. The molecule has 0 bridgehead atoms. The number of aromatic nitrogens is 1. The van der Waals surface area contributed by atoms with E-state index in [1.165, 1.54) is 6.20 Å². The molecule has 2 heterocycles. The Morgan fingerprint density at radius 1 is 1.32 bits per heavy atom. The molecule has 1 aromatic heterocycles. The normalized spacial score (nSPS) is 22.7. The molecule has 1 aliphatic heterocycles. The number of halogens is 3. The van der Waals surface area contributed by atoms with Gasteiger partial charge in [-0.3, -0.25) is 4.98 Å². The summed E-state index contributed by atoms with van der Waals surface area (Å²) in [5, 5.41) is 0. The Labute approximate surface area is 127 Å². The lowest BCUT2D eigenvalue weighted by molar-refractivity contribution is 0.0291. The summed E-state index contributed by atoms with van der Waals surface area (Å²) in [6.07, 6.45) is 0.752. The highest BCUT2D eigenvalue weighted by molar-refractivity contribution is 6.60. The van der Waals surface area contributed by atoms with E-state index in [2.05, 4.69) is 4.98 Å². The quantitative estimate of drug-likeness (QED) is 0.783. The second kappa shape index (κ2) is 5.81. The van der Waals surface area contributed by atoms with Crippen molar-refractivity contribution in [2.45, 2.75) is 38.1 Å². The van der Waals surface area contributed by atoms with E-state index in [1.807, 2.05) is 0 Å². The van der Waals surface area contributed by atoms with Crippen LogP contribution in [0.1, 0.15) is 32.4 Å². The van der Waals surface area contributed by atoms with E-state index in [0.717, 1.165) is 4.90 Å². The Balaban J connectivity index is 2.21. The monoisotopic (exact) mass is 315 g/mol. The molecule has 8 heteroatoms. The Kier molecular flexibility index (Phi) is 4.40. The molecule has 1 saturated heterocycles. The zero-order chi connectivity index (χ0) is 16.5. The highest BCUT2D eigenvalue weighted by atomic mass is 19.4. The van der Waals surface area contributed by atoms with Crippen LogP contribution < -0.4 is 0 Å². The largest absolute Gasteiger partial charge is 0.483 e. The predicted molar refractivity (Wildman–Crippen MR) is 77.6 cm³/mol. The maximum Gasteiger partial charge on any atom is 0.483 e. The van der Waals surface area contributed by atoms with E-state index in [4.69, 9.17) is 4.74 Å². The van der Waals surface area contributed by atoms with Crippen LogP contribution in [-0.2, 0) is 4.74 Å². The number of hydrogen-bond donors (Lipinski definition) is 0. The van der Waals surface area contributed by atoms with Gasteiger partial charge in [0.1, 0.15) is 5.60 Å². The predicted octanol–water partition coefficient (Wildman–Crippen LogP) is 3.63. The van der Waals surface area contributed by atoms with E-state index in [1.54, 1.807) is 39.0 Å². The lowest BCUT2D eigenvalue weighted by atomic mass is 9.66. The first-order valence-electron chi connectivity index (χ1n) is 7.17. The van der Waals surface area contributed by atoms with Crippen LogP contribution >= 0.6 is 0 Å². The summed E-state index contributed by atoms with van der Waals surface area (Å²) < 4.78 is 45.2. The van der Waals surface area contributed by atoms with Crippen LogP contribution in [0.5, 0.6) is 0 Å². The molecule has 1 aromatic rings. The van der Waals surface area contributed by atoms with Crippen molar-refractivity contribution in [1.82, 2.24) is 9.88 Å². The molecule has 0 N–H and O–H groups in total. The average Bonchev–Trinajstić information content (AvgIpc) is 2.82. The second-order valence-electron chi connectivity index (χ2n) is 6.54. The Morgan fingerprint density at radius 2 is 2.00 bits per heavy atom. The van der Waals surface area contributed by atoms with E-state index in [-0.39, 0.29) is 13.1 Å². The van der Waals surface area contributed by atoms with Crippen LogP contribution in [0.15, 0.2) is 24.4 Å². The van der Waals surface area contributed by atoms with Gasteiger partial charge >= 0.3 is 13.1 Å². The first-order chi connectivity index (χ1) is 10.1. The summed E-state index contributed by atoms with van der Waals surface area (Å²) in [6, 6.07) is 4.87. The third-order valence-corrected chi connectivity index (χ3v) is 3.57. The molecule has 0 spiro atoms. The zero-order valence-corrected chi connectivity index (χ0v) is 12.8. The Hall–Kier alpha value is -1.73. The smallest absolute Gasteiger partial charge is 0.449 e. The molecule has 2 atom stereocenters. The summed E-state index contributed by atoms with van der Waals surface area (Å²) in [5.74, 6) is -2.41. The molecular formula is C14H19BF3N2O2-. The average molecular weight is 315 g/mol. The van der Waals surface area contributed by atoms with Gasteiger partial charge in [0.2, 0.25) is 0 Å². The summed E-state index contributed by atoms with van der Waals surface area (Å²) in [5.41, 5.74) is -0.378. The van der Waals surface area contributed by atoms with Crippen molar-refractivity contribution in [3.63, 3.8) is 0 Å². The summed E-state index contributed by atoms with van der Waals surface area (Å²) in [6.45, 7) is -0.429. The van der Waals surface area contributed by atoms with Crippen molar-refractivity contribution in [2.24, 2.45) is 0 Å². The number of amides is 1. The number of hydrogen-bond acceptors (Lipinski definition) is 3. The van der Waals surface area contributed by atoms with Gasteiger partial charge in [0, 0.05) is 25.0 Å². The highest BCUT2D eigenvalue weighted by Gasteiger charge is 2.48. The van der Waals surface area contributed by atoms with Gasteiger partial charge in [0.25, 0.3) is 0 Å². The maximum absolute atomic E-state index is 13.3. The van der Waals surface area contributed by atoms with Gasteiger partial charge in [0.15, 0.2) is 0 Å². The van der Waals surface area contributed by atoms with E-state index in [9.17, 15) is 17.7 Å². The van der Waals surface area contributed by atoms with E-state index < -0.39 is 30.4 Å². The van der Waals surface area contributed by atoms with Crippen molar-refractivity contribution in [3.05, 3.63) is 30.1 Å². The van der Waals surface area contributed by atoms with Crippen LogP contribution in [-0.4, -0.2) is 41.6 Å². The maximum atomic E-state index is 13.3. The minimum Gasteiger partial charge on any atom is -0.449 e.